The van der Waals surface area contributed by atoms with E-state index in [0.717, 1.165) is 5.56 Å². The van der Waals surface area contributed by atoms with Crippen LogP contribution in [0.4, 0.5) is 0 Å². The standard InChI is InChI=1S/C27H28ClN5O6/c28-20-5-4-18-11-23(20)36-9-1-8-33-12-19(30-31-33)15-37-25-14-32(13-21(25)29-27(18)35)26(34)7-3-17-2-6-22-24(10-17)39-16-38-22/h2,4-6,10-12,21,25H,1,3,7-9,13-16H2,(H,29,35)/t21-,25-/m0/s1. The van der Waals surface area contributed by atoms with Crippen molar-refractivity contribution in [2.45, 2.75) is 44.6 Å². The van der Waals surface area contributed by atoms with Gasteiger partial charge in [-0.3, -0.25) is 14.3 Å². The topological polar surface area (TPSA) is 117 Å². The third kappa shape index (κ3) is 5.79. The van der Waals surface area contributed by atoms with Gasteiger partial charge in [0.05, 0.1) is 36.6 Å². The molecule has 1 aromatic heterocycles. The van der Waals surface area contributed by atoms with Crippen molar-refractivity contribution in [3.63, 3.8) is 0 Å². The number of likely N-dealkylation sites (tertiary alicyclic amines) is 1. The maximum Gasteiger partial charge on any atom is 0.251 e. The lowest BCUT2D eigenvalue weighted by atomic mass is 10.1. The normalized spacial score (nSPS) is 20.7. The zero-order valence-electron chi connectivity index (χ0n) is 21.2. The van der Waals surface area contributed by atoms with Crippen LogP contribution in [0.3, 0.4) is 0 Å². The molecule has 3 aliphatic rings. The Kier molecular flexibility index (Phi) is 7.25. The van der Waals surface area contributed by atoms with Crippen molar-refractivity contribution in [2.75, 3.05) is 26.5 Å². The molecule has 1 saturated heterocycles. The van der Waals surface area contributed by atoms with Crippen LogP contribution in [0.5, 0.6) is 17.2 Å². The number of hydrogen-bond acceptors (Lipinski definition) is 8. The highest BCUT2D eigenvalue weighted by molar-refractivity contribution is 6.32. The molecule has 2 aromatic carbocycles. The third-order valence-corrected chi connectivity index (χ3v) is 7.33. The fourth-order valence-electron chi connectivity index (χ4n) is 4.91. The second-order valence-electron chi connectivity index (χ2n) is 9.74. The van der Waals surface area contributed by atoms with Crippen LogP contribution in [0, 0.1) is 0 Å². The Morgan fingerprint density at radius 3 is 2.90 bits per heavy atom. The van der Waals surface area contributed by atoms with Crippen LogP contribution >= 0.6 is 11.6 Å². The molecule has 1 N–H and O–H groups in total. The first-order chi connectivity index (χ1) is 19.0. The zero-order chi connectivity index (χ0) is 26.8. The Labute approximate surface area is 229 Å². The highest BCUT2D eigenvalue weighted by Gasteiger charge is 2.37. The molecular formula is C27H28ClN5O6. The molecule has 3 aliphatic heterocycles. The number of carbonyl (C=O) groups excluding carboxylic acids is 2. The van der Waals surface area contributed by atoms with Gasteiger partial charge in [0.1, 0.15) is 11.4 Å². The van der Waals surface area contributed by atoms with Crippen molar-refractivity contribution < 1.29 is 28.5 Å². The third-order valence-electron chi connectivity index (χ3n) is 7.01. The van der Waals surface area contributed by atoms with E-state index < -0.39 is 12.1 Å². The smallest absolute Gasteiger partial charge is 0.251 e. The lowest BCUT2D eigenvalue weighted by Crippen LogP contribution is -2.44. The Balaban J connectivity index is 1.17. The average molecular weight is 554 g/mol. The molecule has 204 valence electrons. The SMILES string of the molecule is O=C1N[C@H]2CN(C(=O)CCc3ccc4c(c3)OCO4)C[C@@H]2OCc2cn(nn2)CCCOc2cc1ccc2Cl. The van der Waals surface area contributed by atoms with Crippen LogP contribution in [0.15, 0.2) is 42.6 Å². The first-order valence-electron chi connectivity index (χ1n) is 12.9. The van der Waals surface area contributed by atoms with Crippen LogP contribution in [0.25, 0.3) is 0 Å². The lowest BCUT2D eigenvalue weighted by Gasteiger charge is -2.20. The summed E-state index contributed by atoms with van der Waals surface area (Å²) in [4.78, 5) is 28.1. The number of amides is 2. The quantitative estimate of drug-likeness (QED) is 0.526. The van der Waals surface area contributed by atoms with Crippen LogP contribution in [0.1, 0.15) is 34.5 Å². The van der Waals surface area contributed by atoms with Crippen LogP contribution < -0.4 is 19.5 Å². The molecule has 6 rings (SSSR count). The summed E-state index contributed by atoms with van der Waals surface area (Å²) in [5.41, 5.74) is 2.09. The molecule has 0 spiro atoms. The highest BCUT2D eigenvalue weighted by atomic mass is 35.5. The van der Waals surface area contributed by atoms with Gasteiger partial charge >= 0.3 is 0 Å². The molecule has 0 saturated carbocycles. The summed E-state index contributed by atoms with van der Waals surface area (Å²) in [5, 5.41) is 11.8. The molecule has 39 heavy (non-hydrogen) atoms. The number of halogens is 1. The molecular weight excluding hydrogens is 526 g/mol. The van der Waals surface area contributed by atoms with E-state index in [-0.39, 0.29) is 25.2 Å². The molecule has 12 heteroatoms. The first-order valence-corrected chi connectivity index (χ1v) is 13.3. The van der Waals surface area contributed by atoms with Gasteiger partial charge in [0.2, 0.25) is 12.7 Å². The van der Waals surface area contributed by atoms with Gasteiger partial charge in [-0.1, -0.05) is 22.9 Å². The number of carbonyl (C=O) groups is 2. The fraction of sp³-hybridized carbons (Fsp3) is 0.407. The predicted octanol–water partition coefficient (Wildman–Crippen LogP) is 2.60. The largest absolute Gasteiger partial charge is 0.492 e. The summed E-state index contributed by atoms with van der Waals surface area (Å²) in [7, 11) is 0. The molecule has 0 aliphatic carbocycles. The van der Waals surface area contributed by atoms with E-state index in [9.17, 15) is 9.59 Å². The van der Waals surface area contributed by atoms with Gasteiger partial charge in [0.15, 0.2) is 11.5 Å². The minimum absolute atomic E-state index is 0.0166. The molecule has 11 nitrogen and oxygen atoms in total. The Hall–Kier alpha value is -3.83. The molecule has 3 aromatic rings. The summed E-state index contributed by atoms with van der Waals surface area (Å²) in [6.07, 6.45) is 2.98. The Morgan fingerprint density at radius 1 is 1.08 bits per heavy atom. The van der Waals surface area contributed by atoms with E-state index in [2.05, 4.69) is 15.6 Å². The molecule has 1 fully saturated rings. The minimum atomic E-state index is -0.412. The van der Waals surface area contributed by atoms with Crippen molar-refractivity contribution in [3.05, 3.63) is 64.4 Å². The fourth-order valence-corrected chi connectivity index (χ4v) is 5.08. The van der Waals surface area contributed by atoms with Crippen LogP contribution in [0.2, 0.25) is 5.02 Å². The Morgan fingerprint density at radius 2 is 1.97 bits per heavy atom. The number of rotatable bonds is 3. The van der Waals surface area contributed by atoms with E-state index in [1.54, 1.807) is 27.8 Å². The van der Waals surface area contributed by atoms with E-state index in [4.69, 9.17) is 30.5 Å². The molecule has 0 radical (unpaired) electrons. The van der Waals surface area contributed by atoms with Crippen molar-refractivity contribution in [1.29, 1.82) is 0 Å². The number of nitrogens with zero attached hydrogens (tertiary/aromatic N) is 4. The number of aryl methyl sites for hydroxylation is 2. The number of aromatic nitrogens is 3. The summed E-state index contributed by atoms with van der Waals surface area (Å²) in [6, 6.07) is 10.2. The number of fused-ring (bicyclic) bond motifs is 6. The number of benzene rings is 2. The number of hydrogen-bond donors (Lipinski definition) is 1. The molecule has 4 heterocycles. The predicted molar refractivity (Wildman–Crippen MR) is 139 cm³/mol. The van der Waals surface area contributed by atoms with E-state index in [1.165, 1.54) is 0 Å². The summed E-state index contributed by atoms with van der Waals surface area (Å²) < 4.78 is 24.6. The second kappa shape index (κ2) is 11.1. The van der Waals surface area contributed by atoms with Gasteiger partial charge in [-0.2, -0.15) is 0 Å². The lowest BCUT2D eigenvalue weighted by molar-refractivity contribution is -0.130. The van der Waals surface area contributed by atoms with Gasteiger partial charge in [0.25, 0.3) is 5.91 Å². The van der Waals surface area contributed by atoms with E-state index >= 15 is 0 Å². The van der Waals surface area contributed by atoms with Gasteiger partial charge in [-0.25, -0.2) is 0 Å². The Bertz CT molecular complexity index is 1380. The van der Waals surface area contributed by atoms with Gasteiger partial charge in [-0.15, -0.1) is 5.10 Å². The average Bonchev–Trinajstić information content (AvgIpc) is 3.68. The first kappa shape index (κ1) is 25.4. The van der Waals surface area contributed by atoms with Gasteiger partial charge in [0, 0.05) is 38.0 Å². The summed E-state index contributed by atoms with van der Waals surface area (Å²) in [6.45, 7) is 2.14. The van der Waals surface area contributed by atoms with Crippen molar-refractivity contribution in [1.82, 2.24) is 25.2 Å². The van der Waals surface area contributed by atoms with Gasteiger partial charge < -0.3 is 29.2 Å². The van der Waals surface area contributed by atoms with Gasteiger partial charge in [-0.05, 0) is 42.3 Å². The van der Waals surface area contributed by atoms with Crippen molar-refractivity contribution >= 4 is 23.4 Å². The van der Waals surface area contributed by atoms with E-state index in [0.29, 0.717) is 79.0 Å². The highest BCUT2D eigenvalue weighted by Crippen LogP contribution is 2.33. The van der Waals surface area contributed by atoms with Crippen LogP contribution in [-0.2, 0) is 29.1 Å². The maximum atomic E-state index is 13.2. The van der Waals surface area contributed by atoms with E-state index in [1.807, 2.05) is 24.4 Å². The molecule has 4 bridgehead atoms. The number of ether oxygens (including phenoxy) is 4. The summed E-state index contributed by atoms with van der Waals surface area (Å²) in [5.74, 6) is 1.54. The minimum Gasteiger partial charge on any atom is -0.492 e. The zero-order valence-corrected chi connectivity index (χ0v) is 21.9. The summed E-state index contributed by atoms with van der Waals surface area (Å²) >= 11 is 6.30. The van der Waals surface area contributed by atoms with Crippen molar-refractivity contribution in [3.8, 4) is 17.2 Å². The second-order valence-corrected chi connectivity index (χ2v) is 10.1. The van der Waals surface area contributed by atoms with Crippen molar-refractivity contribution in [2.24, 2.45) is 0 Å². The monoisotopic (exact) mass is 553 g/mol. The van der Waals surface area contributed by atoms with Crippen LogP contribution in [-0.4, -0.2) is 70.3 Å². The number of nitrogens with one attached hydrogen (secondary N) is 1. The molecule has 2 atom stereocenters. The maximum absolute atomic E-state index is 13.2. The molecule has 0 unspecified atom stereocenters. The molecule has 2 amide bonds.